The molecule has 0 amide bonds. The summed E-state index contributed by atoms with van der Waals surface area (Å²) in [6, 6.07) is 17.9. The maximum atomic E-state index is 5.26. The third-order valence-electron chi connectivity index (χ3n) is 5.58. The van der Waals surface area contributed by atoms with E-state index in [0.717, 1.165) is 60.3 Å². The molecule has 5 rings (SSSR count). The molecule has 4 aromatic rings. The van der Waals surface area contributed by atoms with E-state index in [9.17, 15) is 0 Å². The summed E-state index contributed by atoms with van der Waals surface area (Å²) in [6.45, 7) is 4.11. The van der Waals surface area contributed by atoms with E-state index < -0.39 is 0 Å². The van der Waals surface area contributed by atoms with Gasteiger partial charge in [-0.25, -0.2) is 9.50 Å². The van der Waals surface area contributed by atoms with Crippen molar-refractivity contribution in [3.05, 3.63) is 60.8 Å². The number of likely N-dealkylation sites (N-methyl/N-ethyl adjacent to an activating group) is 1. The fraction of sp³-hybridized carbons (Fsp3) is 0.261. The number of piperazine rings is 1. The predicted octanol–water partition coefficient (Wildman–Crippen LogP) is 3.30. The van der Waals surface area contributed by atoms with Gasteiger partial charge in [0.05, 0.1) is 24.7 Å². The van der Waals surface area contributed by atoms with Crippen LogP contribution in [0.3, 0.4) is 0 Å². The molecule has 1 aliphatic heterocycles. The molecular formula is C23H25N7O. The Hall–Kier alpha value is -3.65. The van der Waals surface area contributed by atoms with Crippen molar-refractivity contribution in [1.29, 1.82) is 0 Å². The molecule has 4 heterocycles. The zero-order valence-electron chi connectivity index (χ0n) is 17.7. The first kappa shape index (κ1) is 19.3. The molecule has 0 saturated carbocycles. The Bertz CT molecular complexity index is 1160. The maximum Gasteiger partial charge on any atom is 0.247 e. The largest absolute Gasteiger partial charge is 0.497 e. The van der Waals surface area contributed by atoms with Gasteiger partial charge in [0, 0.05) is 31.7 Å². The van der Waals surface area contributed by atoms with Crippen LogP contribution in [0.5, 0.6) is 5.75 Å². The van der Waals surface area contributed by atoms with Gasteiger partial charge in [-0.2, -0.15) is 4.98 Å². The SMILES string of the molecule is COc1ccc(-c2cccc3nc(Nc4ccc(N5CCN(C)CC5)nc4)nn23)cc1. The summed E-state index contributed by atoms with van der Waals surface area (Å²) in [7, 11) is 3.82. The minimum Gasteiger partial charge on any atom is -0.497 e. The molecule has 3 aromatic heterocycles. The minimum absolute atomic E-state index is 0.537. The maximum absolute atomic E-state index is 5.26. The number of nitrogens with one attached hydrogen (secondary N) is 1. The molecule has 1 aliphatic rings. The Morgan fingerprint density at radius 1 is 0.935 bits per heavy atom. The van der Waals surface area contributed by atoms with Crippen LogP contribution in [0, 0.1) is 0 Å². The van der Waals surface area contributed by atoms with Crippen LogP contribution in [-0.2, 0) is 0 Å². The summed E-state index contributed by atoms with van der Waals surface area (Å²) in [4.78, 5) is 13.9. The second kappa shape index (κ2) is 8.23. The highest BCUT2D eigenvalue weighted by molar-refractivity contribution is 5.65. The van der Waals surface area contributed by atoms with Crippen molar-refractivity contribution in [2.45, 2.75) is 0 Å². The Balaban J connectivity index is 1.36. The van der Waals surface area contributed by atoms with Crippen molar-refractivity contribution >= 4 is 23.1 Å². The van der Waals surface area contributed by atoms with Gasteiger partial charge in [-0.1, -0.05) is 6.07 Å². The van der Waals surface area contributed by atoms with E-state index in [2.05, 4.69) is 37.2 Å². The number of benzene rings is 1. The molecule has 8 heteroatoms. The predicted molar refractivity (Wildman–Crippen MR) is 122 cm³/mol. The van der Waals surface area contributed by atoms with Crippen molar-refractivity contribution in [2.24, 2.45) is 0 Å². The lowest BCUT2D eigenvalue weighted by Gasteiger charge is -2.33. The molecule has 0 aliphatic carbocycles. The molecule has 1 saturated heterocycles. The third-order valence-corrected chi connectivity index (χ3v) is 5.58. The molecule has 0 bridgehead atoms. The molecular weight excluding hydrogens is 390 g/mol. The normalized spacial score (nSPS) is 14.7. The highest BCUT2D eigenvalue weighted by Crippen LogP contribution is 2.24. The Labute approximate surface area is 181 Å². The summed E-state index contributed by atoms with van der Waals surface area (Å²) in [5, 5.41) is 7.94. The van der Waals surface area contributed by atoms with Gasteiger partial charge in [0.15, 0.2) is 5.65 Å². The second-order valence-electron chi connectivity index (χ2n) is 7.67. The van der Waals surface area contributed by atoms with Crippen LogP contribution in [0.15, 0.2) is 60.8 Å². The molecule has 0 spiro atoms. The van der Waals surface area contributed by atoms with Crippen molar-refractivity contribution in [2.75, 3.05) is 50.6 Å². The van der Waals surface area contributed by atoms with E-state index in [1.165, 1.54) is 0 Å². The molecule has 1 aromatic carbocycles. The second-order valence-corrected chi connectivity index (χ2v) is 7.67. The van der Waals surface area contributed by atoms with E-state index in [4.69, 9.17) is 4.74 Å². The first-order chi connectivity index (χ1) is 15.2. The van der Waals surface area contributed by atoms with Gasteiger partial charge >= 0.3 is 0 Å². The van der Waals surface area contributed by atoms with Crippen LogP contribution in [0.2, 0.25) is 0 Å². The lowest BCUT2D eigenvalue weighted by atomic mass is 10.1. The number of fused-ring (bicyclic) bond motifs is 1. The van der Waals surface area contributed by atoms with Crippen LogP contribution in [0.4, 0.5) is 17.5 Å². The quantitative estimate of drug-likeness (QED) is 0.536. The number of methoxy groups -OCH3 is 1. The van der Waals surface area contributed by atoms with Crippen LogP contribution < -0.4 is 15.0 Å². The average molecular weight is 416 g/mol. The number of aromatic nitrogens is 4. The van der Waals surface area contributed by atoms with E-state index in [-0.39, 0.29) is 0 Å². The number of rotatable bonds is 5. The Morgan fingerprint density at radius 2 is 1.74 bits per heavy atom. The van der Waals surface area contributed by atoms with Gasteiger partial charge in [0.2, 0.25) is 5.95 Å². The molecule has 0 radical (unpaired) electrons. The lowest BCUT2D eigenvalue weighted by molar-refractivity contribution is 0.312. The fourth-order valence-corrected chi connectivity index (χ4v) is 3.75. The molecule has 158 valence electrons. The van der Waals surface area contributed by atoms with E-state index in [0.29, 0.717) is 5.95 Å². The molecule has 1 fully saturated rings. The standard InChI is InChI=1S/C23H25N7O/c1-28-12-14-29(15-13-28)21-11-8-18(16-24-21)25-23-26-22-5-3-4-20(30(22)27-23)17-6-9-19(31-2)10-7-17/h3-11,16H,12-15H2,1-2H3,(H,25,27). The number of hydrogen-bond acceptors (Lipinski definition) is 7. The van der Waals surface area contributed by atoms with Gasteiger partial charge in [0.25, 0.3) is 0 Å². The summed E-state index contributed by atoms with van der Waals surface area (Å²) in [5.74, 6) is 2.36. The Morgan fingerprint density at radius 3 is 2.45 bits per heavy atom. The lowest BCUT2D eigenvalue weighted by Crippen LogP contribution is -2.44. The van der Waals surface area contributed by atoms with Crippen molar-refractivity contribution in [1.82, 2.24) is 24.5 Å². The topological polar surface area (TPSA) is 70.8 Å². The fourth-order valence-electron chi connectivity index (χ4n) is 3.75. The van der Waals surface area contributed by atoms with Crippen LogP contribution in [0.1, 0.15) is 0 Å². The van der Waals surface area contributed by atoms with Gasteiger partial charge in [-0.15, -0.1) is 5.10 Å². The van der Waals surface area contributed by atoms with Gasteiger partial charge in [0.1, 0.15) is 11.6 Å². The monoisotopic (exact) mass is 415 g/mol. The smallest absolute Gasteiger partial charge is 0.247 e. The van der Waals surface area contributed by atoms with Crippen LogP contribution in [0.25, 0.3) is 16.9 Å². The number of anilines is 3. The number of ether oxygens (including phenoxy) is 1. The molecule has 8 nitrogen and oxygen atoms in total. The summed E-state index contributed by atoms with van der Waals surface area (Å²) in [5.41, 5.74) is 3.64. The number of pyridine rings is 2. The minimum atomic E-state index is 0.537. The number of hydrogen-bond donors (Lipinski definition) is 1. The van der Waals surface area contributed by atoms with Crippen molar-refractivity contribution in [3.63, 3.8) is 0 Å². The van der Waals surface area contributed by atoms with Crippen molar-refractivity contribution in [3.8, 4) is 17.0 Å². The van der Waals surface area contributed by atoms with Crippen molar-refractivity contribution < 1.29 is 4.74 Å². The van der Waals surface area contributed by atoms with E-state index >= 15 is 0 Å². The Kier molecular flexibility index (Phi) is 5.13. The summed E-state index contributed by atoms with van der Waals surface area (Å²) in [6.07, 6.45) is 1.84. The van der Waals surface area contributed by atoms with E-state index in [1.807, 2.05) is 65.3 Å². The highest BCUT2D eigenvalue weighted by Gasteiger charge is 2.15. The van der Waals surface area contributed by atoms with Crippen LogP contribution >= 0.6 is 0 Å². The van der Waals surface area contributed by atoms with Gasteiger partial charge in [-0.3, -0.25) is 0 Å². The first-order valence-electron chi connectivity index (χ1n) is 10.4. The summed E-state index contributed by atoms with van der Waals surface area (Å²) >= 11 is 0. The van der Waals surface area contributed by atoms with Gasteiger partial charge in [-0.05, 0) is 55.6 Å². The van der Waals surface area contributed by atoms with Gasteiger partial charge < -0.3 is 19.9 Å². The third kappa shape index (κ3) is 4.02. The zero-order valence-corrected chi connectivity index (χ0v) is 17.7. The molecule has 1 N–H and O–H groups in total. The molecule has 0 unspecified atom stereocenters. The number of nitrogens with zero attached hydrogens (tertiary/aromatic N) is 6. The molecule has 31 heavy (non-hydrogen) atoms. The van der Waals surface area contributed by atoms with E-state index in [1.54, 1.807) is 7.11 Å². The van der Waals surface area contributed by atoms with Crippen LogP contribution in [-0.4, -0.2) is 64.8 Å². The average Bonchev–Trinajstić information content (AvgIpc) is 3.23. The zero-order chi connectivity index (χ0) is 21.2. The highest BCUT2D eigenvalue weighted by atomic mass is 16.5. The molecule has 0 atom stereocenters. The first-order valence-corrected chi connectivity index (χ1v) is 10.4. The summed E-state index contributed by atoms with van der Waals surface area (Å²) < 4.78 is 7.10.